The standard InChI is InChI=1S/C22H27N7O2/c1-4-31-13-18-28-19-20(14(2)15(3)26-21(19)24)29(18)10-6-9-25-22(30)27-17-8-5-7-16(11-17)12-23/h5,7-8,11H,4,6,9-10,13H2,1-3H3,(H2,24,26)(H2,25,27,30). The number of anilines is 2. The molecule has 3 aromatic rings. The van der Waals surface area contributed by atoms with Crippen LogP contribution in [0.15, 0.2) is 24.3 Å². The molecule has 0 bridgehead atoms. The molecule has 4 N–H and O–H groups in total. The van der Waals surface area contributed by atoms with E-state index in [1.165, 1.54) is 0 Å². The van der Waals surface area contributed by atoms with Crippen molar-refractivity contribution in [3.05, 3.63) is 46.9 Å². The number of nitrogens with two attached hydrogens (primary N) is 1. The van der Waals surface area contributed by atoms with Gasteiger partial charge in [0, 0.05) is 31.1 Å². The summed E-state index contributed by atoms with van der Waals surface area (Å²) >= 11 is 0. The second kappa shape index (κ2) is 9.91. The van der Waals surface area contributed by atoms with Crippen molar-refractivity contribution in [3.63, 3.8) is 0 Å². The number of nitrogen functional groups attached to an aromatic ring is 1. The fourth-order valence-electron chi connectivity index (χ4n) is 3.37. The van der Waals surface area contributed by atoms with Gasteiger partial charge in [-0.15, -0.1) is 0 Å². The fraction of sp³-hybridized carbons (Fsp3) is 0.364. The predicted octanol–water partition coefficient (Wildman–Crippen LogP) is 3.25. The number of benzene rings is 1. The molecule has 1 aromatic carbocycles. The summed E-state index contributed by atoms with van der Waals surface area (Å²) in [4.78, 5) is 21.2. The number of aryl methyl sites for hydroxylation is 3. The highest BCUT2D eigenvalue weighted by Crippen LogP contribution is 2.26. The molecule has 31 heavy (non-hydrogen) atoms. The Kier molecular flexibility index (Phi) is 7.05. The number of pyridine rings is 1. The molecule has 162 valence electrons. The Morgan fingerprint density at radius 2 is 2.13 bits per heavy atom. The summed E-state index contributed by atoms with van der Waals surface area (Å²) in [6.45, 7) is 7.96. The first-order chi connectivity index (χ1) is 14.9. The molecular formula is C22H27N7O2. The van der Waals surface area contributed by atoms with Crippen LogP contribution >= 0.6 is 0 Å². The number of amides is 2. The van der Waals surface area contributed by atoms with E-state index in [4.69, 9.17) is 15.7 Å². The molecule has 9 heteroatoms. The molecule has 2 amide bonds. The maximum atomic E-state index is 12.2. The first-order valence-corrected chi connectivity index (χ1v) is 10.2. The lowest BCUT2D eigenvalue weighted by Gasteiger charge is -2.13. The number of fused-ring (bicyclic) bond motifs is 1. The van der Waals surface area contributed by atoms with Crippen LogP contribution < -0.4 is 16.4 Å². The lowest BCUT2D eigenvalue weighted by atomic mass is 10.2. The average molecular weight is 422 g/mol. The number of nitrogens with one attached hydrogen (secondary N) is 2. The van der Waals surface area contributed by atoms with Crippen LogP contribution in [0.1, 0.15) is 36.0 Å². The second-order valence-corrected chi connectivity index (χ2v) is 7.15. The van der Waals surface area contributed by atoms with Crippen LogP contribution in [0, 0.1) is 25.2 Å². The van der Waals surface area contributed by atoms with Crippen molar-refractivity contribution < 1.29 is 9.53 Å². The molecule has 0 fully saturated rings. The summed E-state index contributed by atoms with van der Waals surface area (Å²) < 4.78 is 7.68. The van der Waals surface area contributed by atoms with Crippen LogP contribution in [0.25, 0.3) is 11.0 Å². The number of carbonyl (C=O) groups excluding carboxylic acids is 1. The van der Waals surface area contributed by atoms with E-state index in [-0.39, 0.29) is 6.03 Å². The van der Waals surface area contributed by atoms with Gasteiger partial charge in [0.05, 0.1) is 17.1 Å². The number of nitriles is 1. The van der Waals surface area contributed by atoms with Gasteiger partial charge < -0.3 is 25.7 Å². The zero-order valence-electron chi connectivity index (χ0n) is 18.0. The molecule has 0 saturated carbocycles. The Bertz CT molecular complexity index is 1130. The smallest absolute Gasteiger partial charge is 0.319 e. The van der Waals surface area contributed by atoms with Gasteiger partial charge in [0.2, 0.25) is 0 Å². The molecule has 0 saturated heterocycles. The molecule has 0 aliphatic carbocycles. The first kappa shape index (κ1) is 22.1. The zero-order chi connectivity index (χ0) is 22.4. The largest absolute Gasteiger partial charge is 0.382 e. The van der Waals surface area contributed by atoms with Gasteiger partial charge in [0.15, 0.2) is 5.82 Å². The lowest BCUT2D eigenvalue weighted by molar-refractivity contribution is 0.126. The Balaban J connectivity index is 1.67. The van der Waals surface area contributed by atoms with Crippen molar-refractivity contribution >= 4 is 28.6 Å². The topological polar surface area (TPSA) is 131 Å². The minimum atomic E-state index is -0.319. The highest BCUT2D eigenvalue weighted by atomic mass is 16.5. The normalized spacial score (nSPS) is 10.8. The van der Waals surface area contributed by atoms with E-state index in [2.05, 4.69) is 31.2 Å². The van der Waals surface area contributed by atoms with Crippen LogP contribution in [-0.4, -0.2) is 33.7 Å². The van der Waals surface area contributed by atoms with Crippen molar-refractivity contribution in [2.24, 2.45) is 0 Å². The van der Waals surface area contributed by atoms with Crippen LogP contribution in [0.3, 0.4) is 0 Å². The molecule has 0 unspecified atom stereocenters. The Morgan fingerprint density at radius 3 is 2.87 bits per heavy atom. The van der Waals surface area contributed by atoms with E-state index in [1.54, 1.807) is 24.3 Å². The maximum Gasteiger partial charge on any atom is 0.319 e. The molecule has 9 nitrogen and oxygen atoms in total. The number of hydrogen-bond acceptors (Lipinski definition) is 6. The Labute approximate surface area is 181 Å². The summed E-state index contributed by atoms with van der Waals surface area (Å²) in [7, 11) is 0. The number of nitrogens with zero attached hydrogens (tertiary/aromatic N) is 4. The molecule has 0 aliphatic heterocycles. The Hall–Kier alpha value is -3.64. The minimum Gasteiger partial charge on any atom is -0.382 e. The van der Waals surface area contributed by atoms with E-state index in [0.29, 0.717) is 55.3 Å². The SMILES string of the molecule is CCOCc1nc2c(N)nc(C)c(C)c2n1CCCNC(=O)Nc1cccc(C#N)c1. The number of hydrogen-bond donors (Lipinski definition) is 3. The molecule has 0 atom stereocenters. The lowest BCUT2D eigenvalue weighted by Crippen LogP contribution is -2.30. The first-order valence-electron chi connectivity index (χ1n) is 10.2. The highest BCUT2D eigenvalue weighted by Gasteiger charge is 2.17. The molecule has 0 spiro atoms. The third kappa shape index (κ3) is 5.10. The van der Waals surface area contributed by atoms with Gasteiger partial charge in [-0.05, 0) is 51.0 Å². The summed E-state index contributed by atoms with van der Waals surface area (Å²) in [5, 5.41) is 14.5. The van der Waals surface area contributed by atoms with Gasteiger partial charge in [0.25, 0.3) is 0 Å². The predicted molar refractivity (Wildman–Crippen MR) is 120 cm³/mol. The highest BCUT2D eigenvalue weighted by molar-refractivity contribution is 5.89. The summed E-state index contributed by atoms with van der Waals surface area (Å²) in [5.74, 6) is 1.20. The quantitative estimate of drug-likeness (QED) is 0.479. The van der Waals surface area contributed by atoms with Gasteiger partial charge >= 0.3 is 6.03 Å². The number of ether oxygens (including phenoxy) is 1. The molecular weight excluding hydrogens is 394 g/mol. The molecule has 2 heterocycles. The van der Waals surface area contributed by atoms with Gasteiger partial charge in [0.1, 0.15) is 17.9 Å². The molecule has 0 aliphatic rings. The third-order valence-corrected chi connectivity index (χ3v) is 5.00. The maximum absolute atomic E-state index is 12.2. The zero-order valence-corrected chi connectivity index (χ0v) is 18.0. The molecule has 3 rings (SSSR count). The second-order valence-electron chi connectivity index (χ2n) is 7.15. The van der Waals surface area contributed by atoms with Crippen molar-refractivity contribution in [1.82, 2.24) is 19.9 Å². The van der Waals surface area contributed by atoms with Crippen LogP contribution in [0.5, 0.6) is 0 Å². The van der Waals surface area contributed by atoms with Crippen LogP contribution in [0.2, 0.25) is 0 Å². The van der Waals surface area contributed by atoms with Crippen LogP contribution in [-0.2, 0) is 17.9 Å². The van der Waals surface area contributed by atoms with Gasteiger partial charge in [-0.25, -0.2) is 14.8 Å². The Morgan fingerprint density at radius 1 is 1.32 bits per heavy atom. The number of urea groups is 1. The number of aromatic nitrogens is 3. The number of carbonyl (C=O) groups is 1. The summed E-state index contributed by atoms with van der Waals surface area (Å²) in [5.41, 5.74) is 10.7. The van der Waals surface area contributed by atoms with E-state index < -0.39 is 0 Å². The van der Waals surface area contributed by atoms with Crippen molar-refractivity contribution in [3.8, 4) is 6.07 Å². The van der Waals surface area contributed by atoms with E-state index in [1.807, 2.05) is 20.8 Å². The van der Waals surface area contributed by atoms with Crippen molar-refractivity contribution in [1.29, 1.82) is 5.26 Å². The van der Waals surface area contributed by atoms with Crippen molar-refractivity contribution in [2.45, 2.75) is 40.3 Å². The summed E-state index contributed by atoms with van der Waals surface area (Å²) in [6, 6.07) is 8.51. The fourth-order valence-corrected chi connectivity index (χ4v) is 3.37. The van der Waals surface area contributed by atoms with E-state index >= 15 is 0 Å². The molecule has 0 radical (unpaired) electrons. The third-order valence-electron chi connectivity index (χ3n) is 5.00. The monoisotopic (exact) mass is 421 g/mol. The van der Waals surface area contributed by atoms with Gasteiger partial charge in [-0.3, -0.25) is 0 Å². The van der Waals surface area contributed by atoms with Crippen molar-refractivity contribution in [2.75, 3.05) is 24.2 Å². The van der Waals surface area contributed by atoms with E-state index in [0.717, 1.165) is 22.6 Å². The number of rotatable bonds is 8. The summed E-state index contributed by atoms with van der Waals surface area (Å²) in [6.07, 6.45) is 0.691. The molecule has 2 aromatic heterocycles. The van der Waals surface area contributed by atoms with Gasteiger partial charge in [-0.1, -0.05) is 6.07 Å². The minimum absolute atomic E-state index is 0.319. The van der Waals surface area contributed by atoms with Crippen LogP contribution in [0.4, 0.5) is 16.3 Å². The van der Waals surface area contributed by atoms with Gasteiger partial charge in [-0.2, -0.15) is 5.26 Å². The average Bonchev–Trinajstić information content (AvgIpc) is 3.13. The number of imidazole rings is 1. The van der Waals surface area contributed by atoms with E-state index in [9.17, 15) is 4.79 Å².